The molecule has 36 heavy (non-hydrogen) atoms. The monoisotopic (exact) mass is 558 g/mol. The van der Waals surface area contributed by atoms with Gasteiger partial charge in [-0.3, -0.25) is 9.59 Å². The summed E-state index contributed by atoms with van der Waals surface area (Å²) < 4.78 is 23.4. The van der Waals surface area contributed by atoms with E-state index < -0.39 is 6.04 Å². The van der Waals surface area contributed by atoms with Crippen LogP contribution in [0.2, 0.25) is 0 Å². The SMILES string of the molecule is CCN(CC)CCCN1C(=O)c2oc3ccc(Br)cc3c(=O)c2C1c1cc(OC)c(OC)c(OC)c1. The first-order valence-corrected chi connectivity index (χ1v) is 12.8. The standard InChI is InChI=1S/C27H31BrN2O6/c1-6-29(7-2)11-8-12-30-23(16-13-20(33-3)25(35-5)21(14-16)34-4)22-24(31)18-15-17(28)9-10-19(18)36-26(22)27(30)32/h9-10,13-15,23H,6-8,11-12H2,1-5H3. The minimum Gasteiger partial charge on any atom is -0.493 e. The number of benzene rings is 2. The zero-order valence-electron chi connectivity index (χ0n) is 21.2. The number of ether oxygens (including phenoxy) is 3. The molecular formula is C27H31BrN2O6. The van der Waals surface area contributed by atoms with E-state index in [1.165, 1.54) is 21.3 Å². The molecule has 2 aromatic carbocycles. The van der Waals surface area contributed by atoms with Gasteiger partial charge < -0.3 is 28.4 Å². The molecule has 2 heterocycles. The second-order valence-electron chi connectivity index (χ2n) is 8.55. The molecule has 1 amide bonds. The number of halogens is 1. The summed E-state index contributed by atoms with van der Waals surface area (Å²) in [6.45, 7) is 7.39. The van der Waals surface area contributed by atoms with Crippen molar-refractivity contribution in [3.05, 3.63) is 61.9 Å². The molecule has 1 aromatic heterocycles. The van der Waals surface area contributed by atoms with Gasteiger partial charge in [-0.25, -0.2) is 0 Å². The van der Waals surface area contributed by atoms with Gasteiger partial charge in [0.1, 0.15) is 5.58 Å². The van der Waals surface area contributed by atoms with Crippen LogP contribution in [-0.2, 0) is 0 Å². The predicted octanol–water partition coefficient (Wildman–Crippen LogP) is 4.86. The summed E-state index contributed by atoms with van der Waals surface area (Å²) >= 11 is 3.44. The van der Waals surface area contributed by atoms with E-state index in [2.05, 4.69) is 34.7 Å². The predicted molar refractivity (Wildman–Crippen MR) is 142 cm³/mol. The van der Waals surface area contributed by atoms with E-state index in [-0.39, 0.29) is 17.1 Å². The number of hydrogen-bond donors (Lipinski definition) is 0. The molecule has 1 atom stereocenters. The van der Waals surface area contributed by atoms with Crippen LogP contribution in [0.5, 0.6) is 17.2 Å². The number of amides is 1. The Bertz CT molecular complexity index is 1310. The average Bonchev–Trinajstić information content (AvgIpc) is 3.17. The van der Waals surface area contributed by atoms with Gasteiger partial charge in [-0.15, -0.1) is 0 Å². The van der Waals surface area contributed by atoms with Crippen LogP contribution in [-0.4, -0.2) is 63.2 Å². The third-order valence-electron chi connectivity index (χ3n) is 6.70. The van der Waals surface area contributed by atoms with Gasteiger partial charge in [0.15, 0.2) is 16.9 Å². The fourth-order valence-electron chi connectivity index (χ4n) is 4.83. The third kappa shape index (κ3) is 4.57. The van der Waals surface area contributed by atoms with E-state index >= 15 is 0 Å². The van der Waals surface area contributed by atoms with E-state index in [0.717, 1.165) is 30.5 Å². The summed E-state index contributed by atoms with van der Waals surface area (Å²) in [6.07, 6.45) is 0.752. The van der Waals surface area contributed by atoms with E-state index in [4.69, 9.17) is 18.6 Å². The van der Waals surface area contributed by atoms with E-state index in [0.29, 0.717) is 45.9 Å². The highest BCUT2D eigenvalue weighted by molar-refractivity contribution is 9.10. The molecule has 0 N–H and O–H groups in total. The first kappa shape index (κ1) is 26.0. The van der Waals surface area contributed by atoms with Crippen molar-refractivity contribution in [2.45, 2.75) is 26.3 Å². The molecular weight excluding hydrogens is 528 g/mol. The van der Waals surface area contributed by atoms with Crippen molar-refractivity contribution >= 4 is 32.8 Å². The molecule has 9 heteroatoms. The molecule has 0 spiro atoms. The Kier molecular flexibility index (Phi) is 7.90. The zero-order valence-corrected chi connectivity index (χ0v) is 22.8. The van der Waals surface area contributed by atoms with Gasteiger partial charge in [-0.05, 0) is 62.0 Å². The quantitative estimate of drug-likeness (QED) is 0.351. The van der Waals surface area contributed by atoms with Crippen LogP contribution in [0.3, 0.4) is 0 Å². The van der Waals surface area contributed by atoms with Crippen molar-refractivity contribution in [1.82, 2.24) is 9.80 Å². The summed E-state index contributed by atoms with van der Waals surface area (Å²) in [4.78, 5) is 31.5. The third-order valence-corrected chi connectivity index (χ3v) is 7.19. The fraction of sp³-hybridized carbons (Fsp3) is 0.407. The van der Waals surface area contributed by atoms with Gasteiger partial charge in [0.2, 0.25) is 11.5 Å². The van der Waals surface area contributed by atoms with E-state index in [9.17, 15) is 9.59 Å². The number of fused-ring (bicyclic) bond motifs is 2. The second kappa shape index (κ2) is 10.9. The largest absolute Gasteiger partial charge is 0.493 e. The van der Waals surface area contributed by atoms with Crippen LogP contribution < -0.4 is 19.6 Å². The molecule has 3 aromatic rings. The van der Waals surface area contributed by atoms with Crippen molar-refractivity contribution in [3.8, 4) is 17.2 Å². The van der Waals surface area contributed by atoms with Gasteiger partial charge >= 0.3 is 0 Å². The highest BCUT2D eigenvalue weighted by atomic mass is 79.9. The van der Waals surface area contributed by atoms with E-state index in [1.807, 2.05) is 0 Å². The summed E-state index contributed by atoms with van der Waals surface area (Å²) in [5, 5.41) is 0.415. The molecule has 0 saturated heterocycles. The maximum absolute atomic E-state index is 13.8. The summed E-state index contributed by atoms with van der Waals surface area (Å²) in [5.74, 6) is 1.12. The molecule has 1 unspecified atom stereocenters. The van der Waals surface area contributed by atoms with Crippen LogP contribution in [0.15, 0.2) is 44.0 Å². The molecule has 0 radical (unpaired) electrons. The molecule has 1 aliphatic heterocycles. The fourth-order valence-corrected chi connectivity index (χ4v) is 5.19. The first-order chi connectivity index (χ1) is 17.4. The maximum Gasteiger partial charge on any atom is 0.290 e. The van der Waals surface area contributed by atoms with Crippen LogP contribution in [0, 0.1) is 0 Å². The molecule has 192 valence electrons. The minimum atomic E-state index is -0.655. The molecule has 0 bridgehead atoms. The van der Waals surface area contributed by atoms with Gasteiger partial charge in [-0.1, -0.05) is 29.8 Å². The Hall–Kier alpha value is -3.04. The van der Waals surface area contributed by atoms with Crippen molar-refractivity contribution in [2.75, 3.05) is 47.5 Å². The van der Waals surface area contributed by atoms with Crippen LogP contribution in [0.25, 0.3) is 11.0 Å². The molecule has 0 aliphatic carbocycles. The lowest BCUT2D eigenvalue weighted by Crippen LogP contribution is -2.33. The van der Waals surface area contributed by atoms with Gasteiger partial charge in [0, 0.05) is 11.0 Å². The van der Waals surface area contributed by atoms with Gasteiger partial charge in [0.25, 0.3) is 5.91 Å². The second-order valence-corrected chi connectivity index (χ2v) is 9.47. The normalized spacial score (nSPS) is 15.0. The Morgan fingerprint density at radius 1 is 1.00 bits per heavy atom. The highest BCUT2D eigenvalue weighted by Gasteiger charge is 2.43. The van der Waals surface area contributed by atoms with Gasteiger partial charge in [0.05, 0.1) is 38.3 Å². The average molecular weight is 559 g/mol. The lowest BCUT2D eigenvalue weighted by Gasteiger charge is -2.27. The summed E-state index contributed by atoms with van der Waals surface area (Å²) in [5.41, 5.74) is 1.15. The maximum atomic E-state index is 13.8. The zero-order chi connectivity index (χ0) is 26.0. The van der Waals surface area contributed by atoms with Crippen LogP contribution in [0.1, 0.15) is 48.0 Å². The van der Waals surface area contributed by atoms with E-state index in [1.54, 1.807) is 35.2 Å². The summed E-state index contributed by atoms with van der Waals surface area (Å²) in [6, 6.07) is 8.13. The van der Waals surface area contributed by atoms with Crippen molar-refractivity contribution in [3.63, 3.8) is 0 Å². The van der Waals surface area contributed by atoms with Crippen molar-refractivity contribution in [1.29, 1.82) is 0 Å². The Labute approximate surface area is 218 Å². The smallest absolute Gasteiger partial charge is 0.290 e. The Morgan fingerprint density at radius 2 is 1.67 bits per heavy atom. The molecule has 0 saturated carbocycles. The van der Waals surface area contributed by atoms with Crippen molar-refractivity contribution in [2.24, 2.45) is 0 Å². The van der Waals surface area contributed by atoms with Crippen molar-refractivity contribution < 1.29 is 23.4 Å². The number of carbonyl (C=O) groups is 1. The number of hydrogen-bond acceptors (Lipinski definition) is 7. The molecule has 8 nitrogen and oxygen atoms in total. The molecule has 1 aliphatic rings. The first-order valence-electron chi connectivity index (χ1n) is 12.0. The topological polar surface area (TPSA) is 81.5 Å². The number of rotatable bonds is 10. The van der Waals surface area contributed by atoms with Crippen LogP contribution in [0.4, 0.5) is 0 Å². The molecule has 4 rings (SSSR count). The lowest BCUT2D eigenvalue weighted by molar-refractivity contribution is 0.0719. The Balaban J connectivity index is 1.89. The molecule has 0 fully saturated rings. The lowest BCUT2D eigenvalue weighted by atomic mass is 9.97. The highest BCUT2D eigenvalue weighted by Crippen LogP contribution is 2.45. The number of methoxy groups -OCH3 is 3. The number of nitrogens with zero attached hydrogens (tertiary/aromatic N) is 2. The number of carbonyl (C=O) groups excluding carboxylic acids is 1. The Morgan fingerprint density at radius 3 is 2.25 bits per heavy atom. The summed E-state index contributed by atoms with van der Waals surface area (Å²) in [7, 11) is 4.61. The van der Waals surface area contributed by atoms with Gasteiger partial charge in [-0.2, -0.15) is 0 Å². The minimum absolute atomic E-state index is 0.0800. The van der Waals surface area contributed by atoms with Crippen LogP contribution >= 0.6 is 15.9 Å².